The van der Waals surface area contributed by atoms with E-state index in [0.29, 0.717) is 5.56 Å². The maximum absolute atomic E-state index is 12.0. The number of hydrogen-bond acceptors (Lipinski definition) is 6. The molecule has 0 radical (unpaired) electrons. The van der Waals surface area contributed by atoms with Crippen LogP contribution in [-0.4, -0.2) is 39.2 Å². The highest BCUT2D eigenvalue weighted by Gasteiger charge is 2.15. The first-order valence-electron chi connectivity index (χ1n) is 6.56. The van der Waals surface area contributed by atoms with Crippen molar-refractivity contribution in [2.24, 2.45) is 0 Å². The van der Waals surface area contributed by atoms with Gasteiger partial charge in [-0.05, 0) is 24.3 Å². The lowest BCUT2D eigenvalue weighted by Crippen LogP contribution is -2.47. The van der Waals surface area contributed by atoms with Gasteiger partial charge in [-0.15, -0.1) is 0 Å². The molecule has 0 bridgehead atoms. The number of nitriles is 1. The van der Waals surface area contributed by atoms with Gasteiger partial charge in [-0.1, -0.05) is 0 Å². The zero-order valence-electron chi connectivity index (χ0n) is 12.6. The Morgan fingerprint density at radius 1 is 1.04 bits per heavy atom. The molecular formula is C13H15N5O5S. The molecule has 1 rings (SSSR count). The minimum atomic E-state index is -3.92. The van der Waals surface area contributed by atoms with Crippen molar-refractivity contribution in [3.8, 4) is 6.07 Å². The van der Waals surface area contributed by atoms with Gasteiger partial charge in [0.2, 0.25) is 21.8 Å². The van der Waals surface area contributed by atoms with Gasteiger partial charge in [-0.2, -0.15) is 5.26 Å². The molecule has 0 saturated carbocycles. The first-order chi connectivity index (χ1) is 11.2. The molecule has 4 N–H and O–H groups in total. The highest BCUT2D eigenvalue weighted by molar-refractivity contribution is 7.89. The van der Waals surface area contributed by atoms with Crippen molar-refractivity contribution in [1.82, 2.24) is 20.9 Å². The van der Waals surface area contributed by atoms with E-state index in [4.69, 9.17) is 5.26 Å². The lowest BCUT2D eigenvalue weighted by molar-refractivity contribution is -0.128. The molecule has 11 heteroatoms. The molecule has 0 fully saturated rings. The van der Waals surface area contributed by atoms with Gasteiger partial charge in [-0.25, -0.2) is 13.1 Å². The number of sulfonamides is 1. The van der Waals surface area contributed by atoms with Crippen molar-refractivity contribution >= 4 is 27.7 Å². The summed E-state index contributed by atoms with van der Waals surface area (Å²) in [5, 5.41) is 10.8. The van der Waals surface area contributed by atoms with Gasteiger partial charge < -0.3 is 5.32 Å². The van der Waals surface area contributed by atoms with Crippen LogP contribution in [0.1, 0.15) is 12.5 Å². The Morgan fingerprint density at radius 2 is 1.67 bits per heavy atom. The fraction of sp³-hybridized carbons (Fsp3) is 0.231. The van der Waals surface area contributed by atoms with Gasteiger partial charge in [-0.3, -0.25) is 25.2 Å². The van der Waals surface area contributed by atoms with Crippen molar-refractivity contribution < 1.29 is 22.8 Å². The molecule has 3 amide bonds. The number of carbonyl (C=O) groups excluding carboxylic acids is 3. The molecule has 0 aliphatic carbocycles. The molecule has 0 aromatic heterocycles. The van der Waals surface area contributed by atoms with E-state index >= 15 is 0 Å². The predicted octanol–water partition coefficient (Wildman–Crippen LogP) is -1.88. The summed E-state index contributed by atoms with van der Waals surface area (Å²) in [5.74, 6) is -1.89. The highest BCUT2D eigenvalue weighted by Crippen LogP contribution is 2.09. The lowest BCUT2D eigenvalue weighted by Gasteiger charge is -2.08. The lowest BCUT2D eigenvalue weighted by atomic mass is 10.2. The molecule has 1 aromatic rings. The van der Waals surface area contributed by atoms with Crippen molar-refractivity contribution in [2.45, 2.75) is 11.8 Å². The molecule has 0 aliphatic heterocycles. The van der Waals surface area contributed by atoms with Crippen LogP contribution >= 0.6 is 0 Å². The van der Waals surface area contributed by atoms with E-state index in [0.717, 1.165) is 0 Å². The van der Waals surface area contributed by atoms with Gasteiger partial charge in [0.1, 0.15) is 0 Å². The Kier molecular flexibility index (Phi) is 6.84. The number of nitrogens with one attached hydrogen (secondary N) is 4. The second-order valence-corrected chi connectivity index (χ2v) is 6.23. The van der Waals surface area contributed by atoms with E-state index in [2.05, 4.69) is 10.0 Å². The first-order valence-corrected chi connectivity index (χ1v) is 8.05. The summed E-state index contributed by atoms with van der Waals surface area (Å²) in [4.78, 5) is 33.2. The molecule has 10 nitrogen and oxygen atoms in total. The van der Waals surface area contributed by atoms with E-state index in [9.17, 15) is 22.8 Å². The van der Waals surface area contributed by atoms with Crippen LogP contribution in [-0.2, 0) is 24.4 Å². The molecule has 0 heterocycles. The third-order valence-corrected chi connectivity index (χ3v) is 3.96. The molecule has 1 aromatic carbocycles. The number of carbonyl (C=O) groups is 3. The van der Waals surface area contributed by atoms with Crippen LogP contribution in [0.25, 0.3) is 0 Å². The highest BCUT2D eigenvalue weighted by atomic mass is 32.2. The molecular weight excluding hydrogens is 338 g/mol. The second kappa shape index (κ2) is 8.61. The van der Waals surface area contributed by atoms with Crippen LogP contribution in [0.5, 0.6) is 0 Å². The standard InChI is InChI=1S/C13H15N5O5S/c1-9(19)17-18-13(21)7-15-12(20)8-16-24(22,23)11-4-2-10(6-14)3-5-11/h2-5,16H,7-8H2,1H3,(H,15,20)(H,17,19)(H,18,21). The number of benzene rings is 1. The molecule has 0 saturated heterocycles. The zero-order chi connectivity index (χ0) is 18.2. The average Bonchev–Trinajstić information content (AvgIpc) is 2.56. The molecule has 128 valence electrons. The largest absolute Gasteiger partial charge is 0.346 e. The van der Waals surface area contributed by atoms with Crippen LogP contribution in [0.4, 0.5) is 0 Å². The molecule has 0 spiro atoms. The van der Waals surface area contributed by atoms with Crippen LogP contribution in [0, 0.1) is 11.3 Å². The Labute approximate surface area is 138 Å². The SMILES string of the molecule is CC(=O)NNC(=O)CNC(=O)CNS(=O)(=O)c1ccc(C#N)cc1. The van der Waals surface area contributed by atoms with E-state index < -0.39 is 40.8 Å². The monoisotopic (exact) mass is 353 g/mol. The van der Waals surface area contributed by atoms with E-state index in [-0.39, 0.29) is 4.90 Å². The minimum absolute atomic E-state index is 0.0994. The second-order valence-electron chi connectivity index (χ2n) is 4.47. The van der Waals surface area contributed by atoms with Crippen LogP contribution in [0.2, 0.25) is 0 Å². The van der Waals surface area contributed by atoms with Crippen molar-refractivity contribution in [3.05, 3.63) is 29.8 Å². The number of hydrazine groups is 1. The van der Waals surface area contributed by atoms with Gasteiger partial charge in [0.25, 0.3) is 5.91 Å². The topological polar surface area (TPSA) is 157 Å². The number of hydrogen-bond donors (Lipinski definition) is 4. The van der Waals surface area contributed by atoms with E-state index in [1.807, 2.05) is 16.9 Å². The number of nitrogens with zero attached hydrogens (tertiary/aromatic N) is 1. The summed E-state index contributed by atoms with van der Waals surface area (Å²) < 4.78 is 26.0. The molecule has 0 unspecified atom stereocenters. The summed E-state index contributed by atoms with van der Waals surface area (Å²) in [7, 11) is -3.92. The summed E-state index contributed by atoms with van der Waals surface area (Å²) in [6.45, 7) is 0.185. The van der Waals surface area contributed by atoms with Crippen molar-refractivity contribution in [1.29, 1.82) is 5.26 Å². The van der Waals surface area contributed by atoms with E-state index in [1.54, 1.807) is 0 Å². The maximum atomic E-state index is 12.0. The van der Waals surface area contributed by atoms with Gasteiger partial charge in [0.15, 0.2) is 0 Å². The fourth-order valence-electron chi connectivity index (χ4n) is 1.40. The quantitative estimate of drug-likeness (QED) is 0.438. The summed E-state index contributed by atoms with van der Waals surface area (Å²) >= 11 is 0. The maximum Gasteiger partial charge on any atom is 0.257 e. The van der Waals surface area contributed by atoms with Crippen LogP contribution in [0.3, 0.4) is 0 Å². The summed E-state index contributed by atoms with van der Waals surface area (Å²) in [5.41, 5.74) is 4.36. The Balaban J connectivity index is 2.46. The summed E-state index contributed by atoms with van der Waals surface area (Å²) in [6, 6.07) is 7.00. The third kappa shape index (κ3) is 6.42. The summed E-state index contributed by atoms with van der Waals surface area (Å²) in [6.07, 6.45) is 0. The van der Waals surface area contributed by atoms with E-state index in [1.165, 1.54) is 31.2 Å². The van der Waals surface area contributed by atoms with Crippen molar-refractivity contribution in [2.75, 3.05) is 13.1 Å². The smallest absolute Gasteiger partial charge is 0.257 e. The van der Waals surface area contributed by atoms with Gasteiger partial charge in [0, 0.05) is 6.92 Å². The van der Waals surface area contributed by atoms with Crippen molar-refractivity contribution in [3.63, 3.8) is 0 Å². The zero-order valence-corrected chi connectivity index (χ0v) is 13.4. The third-order valence-electron chi connectivity index (χ3n) is 2.54. The Morgan fingerprint density at radius 3 is 2.21 bits per heavy atom. The Hall–Kier alpha value is -2.97. The molecule has 24 heavy (non-hydrogen) atoms. The van der Waals surface area contributed by atoms with Crippen LogP contribution in [0.15, 0.2) is 29.2 Å². The molecule has 0 atom stereocenters. The number of rotatable bonds is 6. The van der Waals surface area contributed by atoms with Gasteiger partial charge >= 0.3 is 0 Å². The fourth-order valence-corrected chi connectivity index (χ4v) is 2.38. The predicted molar refractivity (Wildman–Crippen MR) is 81.3 cm³/mol. The van der Waals surface area contributed by atoms with Gasteiger partial charge in [0.05, 0.1) is 29.6 Å². The minimum Gasteiger partial charge on any atom is -0.346 e. The normalized spacial score (nSPS) is 10.3. The average molecular weight is 353 g/mol. The first kappa shape index (κ1) is 19.1. The van der Waals surface area contributed by atoms with Crippen LogP contribution < -0.4 is 20.9 Å². The Bertz CT molecular complexity index is 767. The molecule has 0 aliphatic rings. The number of amides is 3.